The van der Waals surface area contributed by atoms with Gasteiger partial charge in [-0.1, -0.05) is 30.3 Å². The predicted molar refractivity (Wildman–Crippen MR) is 132 cm³/mol. The summed E-state index contributed by atoms with van der Waals surface area (Å²) in [5.74, 6) is 0.0534. The predicted octanol–water partition coefficient (Wildman–Crippen LogP) is 5.21. The number of piperidine rings is 1. The number of amides is 1. The molecule has 1 aromatic heterocycles. The summed E-state index contributed by atoms with van der Waals surface area (Å²) in [5.41, 5.74) is 3.81. The van der Waals surface area contributed by atoms with Crippen molar-refractivity contribution < 1.29 is 18.0 Å². The minimum atomic E-state index is -4.32. The third kappa shape index (κ3) is 5.33. The molecule has 3 aromatic rings. The smallest absolute Gasteiger partial charge is 0.337 e. The Labute approximate surface area is 209 Å². The van der Waals surface area contributed by atoms with Crippen molar-refractivity contribution in [3.63, 3.8) is 0 Å². The van der Waals surface area contributed by atoms with Gasteiger partial charge in [0.25, 0.3) is 5.91 Å². The fourth-order valence-electron chi connectivity index (χ4n) is 5.25. The number of alkyl halides is 3. The second kappa shape index (κ2) is 10.5. The molecule has 36 heavy (non-hydrogen) atoms. The van der Waals surface area contributed by atoms with Crippen LogP contribution in [0.15, 0.2) is 54.6 Å². The molecule has 1 fully saturated rings. The van der Waals surface area contributed by atoms with Crippen molar-refractivity contribution in [3.8, 4) is 5.69 Å². The molecule has 1 unspecified atom stereocenters. The van der Waals surface area contributed by atoms with Crippen LogP contribution in [-0.4, -0.2) is 46.3 Å². The van der Waals surface area contributed by atoms with Crippen LogP contribution in [-0.2, 0) is 25.4 Å². The van der Waals surface area contributed by atoms with E-state index in [-0.39, 0.29) is 11.9 Å². The van der Waals surface area contributed by atoms with Gasteiger partial charge in [-0.15, -0.1) is 0 Å². The third-order valence-corrected chi connectivity index (χ3v) is 7.22. The van der Waals surface area contributed by atoms with E-state index in [1.807, 2.05) is 39.9 Å². The van der Waals surface area contributed by atoms with E-state index in [0.717, 1.165) is 79.8 Å². The van der Waals surface area contributed by atoms with Crippen LogP contribution >= 0.6 is 0 Å². The minimum Gasteiger partial charge on any atom is -0.337 e. The van der Waals surface area contributed by atoms with Crippen LogP contribution in [0.5, 0.6) is 0 Å². The SMILES string of the molecule is O=C(c1c2c(nn1-c1ccccc1)CCC(NCCc1ccc(C(F)(F)F)cc1)C2)N1CCCCC1. The van der Waals surface area contributed by atoms with E-state index in [4.69, 9.17) is 5.10 Å². The molecule has 1 atom stereocenters. The zero-order valence-electron chi connectivity index (χ0n) is 20.2. The van der Waals surface area contributed by atoms with Crippen LogP contribution < -0.4 is 5.32 Å². The lowest BCUT2D eigenvalue weighted by atomic mass is 9.91. The number of fused-ring (bicyclic) bond motifs is 1. The molecule has 0 spiro atoms. The molecule has 0 radical (unpaired) electrons. The normalized spacial score (nSPS) is 18.2. The van der Waals surface area contributed by atoms with Crippen molar-refractivity contribution in [2.24, 2.45) is 0 Å². The number of rotatable bonds is 6. The van der Waals surface area contributed by atoms with Gasteiger partial charge in [0.1, 0.15) is 5.69 Å². The van der Waals surface area contributed by atoms with Gasteiger partial charge in [0, 0.05) is 24.7 Å². The lowest BCUT2D eigenvalue weighted by molar-refractivity contribution is -0.137. The minimum absolute atomic E-state index is 0.0534. The van der Waals surface area contributed by atoms with Gasteiger partial charge >= 0.3 is 6.18 Å². The molecular weight excluding hydrogens is 465 g/mol. The van der Waals surface area contributed by atoms with E-state index >= 15 is 0 Å². The fraction of sp³-hybridized carbons (Fsp3) is 0.429. The summed E-state index contributed by atoms with van der Waals surface area (Å²) < 4.78 is 40.2. The molecule has 2 aliphatic rings. The van der Waals surface area contributed by atoms with Crippen LogP contribution in [0.3, 0.4) is 0 Å². The van der Waals surface area contributed by atoms with E-state index in [9.17, 15) is 18.0 Å². The van der Waals surface area contributed by atoms with E-state index in [1.165, 1.54) is 0 Å². The summed E-state index contributed by atoms with van der Waals surface area (Å²) in [6.07, 6.45) is 1.95. The highest BCUT2D eigenvalue weighted by Gasteiger charge is 2.32. The van der Waals surface area contributed by atoms with Crippen LogP contribution in [0.2, 0.25) is 0 Å². The van der Waals surface area contributed by atoms with E-state index in [0.29, 0.717) is 25.1 Å². The second-order valence-corrected chi connectivity index (χ2v) is 9.71. The molecule has 1 aliphatic carbocycles. The second-order valence-electron chi connectivity index (χ2n) is 9.71. The van der Waals surface area contributed by atoms with Gasteiger partial charge in [-0.2, -0.15) is 18.3 Å². The Bertz CT molecular complexity index is 1180. The number of hydrogen-bond acceptors (Lipinski definition) is 3. The third-order valence-electron chi connectivity index (χ3n) is 7.22. The average Bonchev–Trinajstić information content (AvgIpc) is 3.28. The molecule has 1 N–H and O–H groups in total. The van der Waals surface area contributed by atoms with Gasteiger partial charge in [0.15, 0.2) is 0 Å². The maximum absolute atomic E-state index is 13.7. The molecule has 0 bridgehead atoms. The number of halogens is 3. The van der Waals surface area contributed by atoms with Crippen LogP contribution in [0.1, 0.15) is 58.6 Å². The van der Waals surface area contributed by atoms with Gasteiger partial charge in [-0.25, -0.2) is 4.68 Å². The fourth-order valence-corrected chi connectivity index (χ4v) is 5.25. The summed E-state index contributed by atoms with van der Waals surface area (Å²) in [5, 5.41) is 8.44. The average molecular weight is 497 g/mol. The Morgan fingerprint density at radius 2 is 1.72 bits per heavy atom. The Balaban J connectivity index is 1.31. The first-order valence-electron chi connectivity index (χ1n) is 12.7. The van der Waals surface area contributed by atoms with E-state index in [1.54, 1.807) is 12.1 Å². The van der Waals surface area contributed by atoms with E-state index in [2.05, 4.69) is 5.32 Å². The molecule has 190 valence electrons. The number of nitrogens with zero attached hydrogens (tertiary/aromatic N) is 3. The summed E-state index contributed by atoms with van der Waals surface area (Å²) in [4.78, 5) is 15.7. The molecule has 1 saturated heterocycles. The van der Waals surface area contributed by atoms with Crippen molar-refractivity contribution in [1.82, 2.24) is 20.0 Å². The number of benzene rings is 2. The maximum atomic E-state index is 13.7. The van der Waals surface area contributed by atoms with Gasteiger partial charge < -0.3 is 10.2 Å². The Morgan fingerprint density at radius 1 is 1.00 bits per heavy atom. The topological polar surface area (TPSA) is 50.2 Å². The lowest BCUT2D eigenvalue weighted by Gasteiger charge is -2.28. The first-order valence-corrected chi connectivity index (χ1v) is 12.7. The zero-order valence-corrected chi connectivity index (χ0v) is 20.2. The molecular formula is C28H31F3N4O. The van der Waals surface area contributed by atoms with Crippen LogP contribution in [0.4, 0.5) is 13.2 Å². The maximum Gasteiger partial charge on any atom is 0.416 e. The zero-order chi connectivity index (χ0) is 25.1. The molecule has 2 heterocycles. The molecule has 1 amide bonds. The van der Waals surface area contributed by atoms with Gasteiger partial charge in [0.2, 0.25) is 0 Å². The standard InChI is InChI=1S/C28H31F3N4O/c29-28(30,31)21-11-9-20(10-12-21)15-16-32-22-13-14-25-24(19-22)26(27(36)34-17-5-2-6-18-34)35(33-25)23-7-3-1-4-8-23/h1,3-4,7-12,22,32H,2,5-6,13-19H2. The molecule has 5 nitrogen and oxygen atoms in total. The number of aromatic nitrogens is 2. The summed E-state index contributed by atoms with van der Waals surface area (Å²) in [6.45, 7) is 2.22. The molecule has 1 aliphatic heterocycles. The highest BCUT2D eigenvalue weighted by Crippen LogP contribution is 2.30. The highest BCUT2D eigenvalue weighted by atomic mass is 19.4. The van der Waals surface area contributed by atoms with Crippen LogP contribution in [0.25, 0.3) is 5.69 Å². The summed E-state index contributed by atoms with van der Waals surface area (Å²) >= 11 is 0. The number of likely N-dealkylation sites (tertiary alicyclic amines) is 1. The number of carbonyl (C=O) groups is 1. The van der Waals surface area contributed by atoms with Crippen molar-refractivity contribution in [1.29, 1.82) is 0 Å². The Hall–Kier alpha value is -3.13. The molecule has 2 aromatic carbocycles. The van der Waals surface area contributed by atoms with Crippen molar-refractivity contribution in [2.75, 3.05) is 19.6 Å². The number of para-hydroxylation sites is 1. The largest absolute Gasteiger partial charge is 0.416 e. The molecule has 8 heteroatoms. The number of carbonyl (C=O) groups excluding carboxylic acids is 1. The van der Waals surface area contributed by atoms with Crippen LogP contribution in [0, 0.1) is 0 Å². The number of nitrogens with one attached hydrogen (secondary N) is 1. The van der Waals surface area contributed by atoms with Gasteiger partial charge in [-0.05, 0) is 81.3 Å². The summed E-state index contributed by atoms with van der Waals surface area (Å²) in [6, 6.07) is 15.4. The van der Waals surface area contributed by atoms with Gasteiger partial charge in [-0.3, -0.25) is 4.79 Å². The quantitative estimate of drug-likeness (QED) is 0.510. The summed E-state index contributed by atoms with van der Waals surface area (Å²) in [7, 11) is 0. The first kappa shape index (κ1) is 24.6. The van der Waals surface area contributed by atoms with E-state index < -0.39 is 11.7 Å². The van der Waals surface area contributed by atoms with Crippen molar-refractivity contribution in [3.05, 3.63) is 82.7 Å². The Morgan fingerprint density at radius 3 is 2.42 bits per heavy atom. The Kier molecular flexibility index (Phi) is 7.14. The first-order chi connectivity index (χ1) is 17.4. The monoisotopic (exact) mass is 496 g/mol. The molecule has 0 saturated carbocycles. The van der Waals surface area contributed by atoms with Gasteiger partial charge in [0.05, 0.1) is 16.9 Å². The lowest BCUT2D eigenvalue weighted by Crippen LogP contribution is -2.39. The highest BCUT2D eigenvalue weighted by molar-refractivity contribution is 5.95. The number of hydrogen-bond donors (Lipinski definition) is 1. The number of aryl methyl sites for hydroxylation is 1. The van der Waals surface area contributed by atoms with Crippen molar-refractivity contribution >= 4 is 5.91 Å². The molecule has 5 rings (SSSR count). The van der Waals surface area contributed by atoms with Crippen molar-refractivity contribution in [2.45, 2.75) is 57.2 Å².